The van der Waals surface area contributed by atoms with E-state index < -0.39 is 0 Å². The molecule has 2 N–H and O–H groups in total. The van der Waals surface area contributed by atoms with E-state index >= 15 is 0 Å². The first-order chi connectivity index (χ1) is 10.0. The van der Waals surface area contributed by atoms with Gasteiger partial charge in [0.1, 0.15) is 0 Å². The molecule has 0 fully saturated rings. The molecule has 0 aliphatic rings. The van der Waals surface area contributed by atoms with Crippen molar-refractivity contribution < 1.29 is 4.52 Å². The van der Waals surface area contributed by atoms with Crippen LogP contribution < -0.4 is 5.73 Å². The van der Waals surface area contributed by atoms with E-state index in [2.05, 4.69) is 42.0 Å². The Hall–Kier alpha value is -1.66. The third-order valence-corrected chi connectivity index (χ3v) is 4.19. The lowest BCUT2D eigenvalue weighted by Gasteiger charge is -2.01. The van der Waals surface area contributed by atoms with Crippen molar-refractivity contribution in [2.24, 2.45) is 0 Å². The molecule has 0 aliphatic heterocycles. The van der Waals surface area contributed by atoms with Crippen molar-refractivity contribution in [3.05, 3.63) is 50.9 Å². The molecule has 3 aromatic rings. The Kier molecular flexibility index (Phi) is 3.82. The lowest BCUT2D eigenvalue weighted by molar-refractivity contribution is 0.432. The Morgan fingerprint density at radius 3 is 2.62 bits per heavy atom. The maximum Gasteiger partial charge on any atom is 0.260 e. The van der Waals surface area contributed by atoms with Crippen LogP contribution in [0.1, 0.15) is 5.56 Å². The molecule has 6 heteroatoms. The molecule has 0 aliphatic carbocycles. The van der Waals surface area contributed by atoms with Crippen LogP contribution in [0.3, 0.4) is 0 Å². The molecule has 1 heterocycles. The zero-order valence-electron chi connectivity index (χ0n) is 11.1. The van der Waals surface area contributed by atoms with Crippen LogP contribution in [0.4, 0.5) is 5.69 Å². The van der Waals surface area contributed by atoms with E-state index in [9.17, 15) is 0 Å². The number of anilines is 1. The van der Waals surface area contributed by atoms with Gasteiger partial charge in [-0.1, -0.05) is 43.1 Å². The number of hydrogen-bond donors (Lipinski definition) is 1. The largest absolute Gasteiger partial charge is 0.398 e. The minimum atomic E-state index is 0.399. The van der Waals surface area contributed by atoms with Crippen molar-refractivity contribution in [2.75, 3.05) is 5.73 Å². The number of benzene rings is 2. The number of nitrogens with zero attached hydrogens (tertiary/aromatic N) is 2. The van der Waals surface area contributed by atoms with Crippen LogP contribution in [0.15, 0.2) is 49.9 Å². The standard InChI is InChI=1S/C15H11Br2N3O/c1-8-2-4-10(12(17)6-8)14-19-15(21-20-14)11-7-9(16)3-5-13(11)18/h2-7H,18H2,1H3. The fourth-order valence-corrected chi connectivity index (χ4v) is 2.99. The summed E-state index contributed by atoms with van der Waals surface area (Å²) < 4.78 is 7.18. The molecular weight excluding hydrogens is 398 g/mol. The van der Waals surface area contributed by atoms with Crippen LogP contribution in [-0.2, 0) is 0 Å². The molecule has 0 bridgehead atoms. The molecule has 21 heavy (non-hydrogen) atoms. The Bertz CT molecular complexity index is 814. The topological polar surface area (TPSA) is 64.9 Å². The predicted octanol–water partition coefficient (Wildman–Crippen LogP) is 4.82. The zero-order chi connectivity index (χ0) is 15.0. The molecule has 0 atom stereocenters. The van der Waals surface area contributed by atoms with Gasteiger partial charge in [0.25, 0.3) is 5.89 Å². The number of nitrogen functional groups attached to an aromatic ring is 1. The van der Waals surface area contributed by atoms with Crippen LogP contribution in [0.5, 0.6) is 0 Å². The molecule has 0 unspecified atom stereocenters. The quantitative estimate of drug-likeness (QED) is 0.617. The van der Waals surface area contributed by atoms with Crippen LogP contribution >= 0.6 is 31.9 Å². The lowest BCUT2D eigenvalue weighted by atomic mass is 10.1. The molecule has 0 saturated heterocycles. The molecule has 0 spiro atoms. The third-order valence-electron chi connectivity index (χ3n) is 3.04. The predicted molar refractivity (Wildman–Crippen MR) is 89.7 cm³/mol. The fourth-order valence-electron chi connectivity index (χ4n) is 1.96. The molecule has 1 aromatic heterocycles. The second kappa shape index (κ2) is 5.61. The molecule has 3 rings (SSSR count). The van der Waals surface area contributed by atoms with E-state index in [-0.39, 0.29) is 0 Å². The number of halogens is 2. The van der Waals surface area contributed by atoms with Gasteiger partial charge in [-0.15, -0.1) is 0 Å². The maximum atomic E-state index is 5.96. The zero-order valence-corrected chi connectivity index (χ0v) is 14.3. The third kappa shape index (κ3) is 2.87. The van der Waals surface area contributed by atoms with Gasteiger partial charge in [-0.2, -0.15) is 4.98 Å². The summed E-state index contributed by atoms with van der Waals surface area (Å²) in [5.74, 6) is 0.924. The molecule has 0 radical (unpaired) electrons. The van der Waals surface area contributed by atoms with Crippen molar-refractivity contribution in [3.63, 3.8) is 0 Å². The number of aromatic nitrogens is 2. The van der Waals surface area contributed by atoms with Gasteiger partial charge >= 0.3 is 0 Å². The number of rotatable bonds is 2. The molecular formula is C15H11Br2N3O. The number of aryl methyl sites for hydroxylation is 1. The fraction of sp³-hybridized carbons (Fsp3) is 0.0667. The summed E-state index contributed by atoms with van der Waals surface area (Å²) in [6.45, 7) is 2.03. The minimum absolute atomic E-state index is 0.399. The first kappa shape index (κ1) is 14.3. The molecule has 0 saturated carbocycles. The van der Waals surface area contributed by atoms with Gasteiger partial charge in [0.15, 0.2) is 0 Å². The second-order valence-electron chi connectivity index (χ2n) is 4.64. The van der Waals surface area contributed by atoms with E-state index in [1.165, 1.54) is 0 Å². The molecule has 106 valence electrons. The number of nitrogens with two attached hydrogens (primary N) is 1. The minimum Gasteiger partial charge on any atom is -0.398 e. The summed E-state index contributed by atoms with van der Waals surface area (Å²) in [4.78, 5) is 4.43. The Morgan fingerprint density at radius 1 is 1.05 bits per heavy atom. The summed E-state index contributed by atoms with van der Waals surface area (Å²) in [5.41, 5.74) is 9.31. The monoisotopic (exact) mass is 407 g/mol. The highest BCUT2D eigenvalue weighted by atomic mass is 79.9. The molecule has 4 nitrogen and oxygen atoms in total. The van der Waals surface area contributed by atoms with Crippen molar-refractivity contribution >= 4 is 37.5 Å². The van der Waals surface area contributed by atoms with E-state index in [4.69, 9.17) is 10.3 Å². The highest BCUT2D eigenvalue weighted by Crippen LogP contribution is 2.31. The second-order valence-corrected chi connectivity index (χ2v) is 6.41. The van der Waals surface area contributed by atoms with Crippen molar-refractivity contribution in [2.45, 2.75) is 6.92 Å². The summed E-state index contributed by atoms with van der Waals surface area (Å²) in [6.07, 6.45) is 0. The summed E-state index contributed by atoms with van der Waals surface area (Å²) in [5, 5.41) is 4.04. The van der Waals surface area contributed by atoms with E-state index in [1.807, 2.05) is 37.3 Å². The van der Waals surface area contributed by atoms with Gasteiger partial charge in [0.2, 0.25) is 5.82 Å². The summed E-state index contributed by atoms with van der Waals surface area (Å²) in [7, 11) is 0. The number of hydrogen-bond acceptors (Lipinski definition) is 4. The highest BCUT2D eigenvalue weighted by molar-refractivity contribution is 9.10. The molecule has 0 amide bonds. The van der Waals surface area contributed by atoms with E-state index in [0.717, 1.165) is 20.1 Å². The van der Waals surface area contributed by atoms with Crippen LogP contribution in [0, 0.1) is 6.92 Å². The smallest absolute Gasteiger partial charge is 0.260 e. The summed E-state index contributed by atoms with van der Waals surface area (Å²) in [6, 6.07) is 11.5. The first-order valence-electron chi connectivity index (χ1n) is 6.20. The van der Waals surface area contributed by atoms with Gasteiger partial charge < -0.3 is 10.3 Å². The van der Waals surface area contributed by atoms with Gasteiger partial charge in [-0.3, -0.25) is 0 Å². The Labute approximate surface area is 138 Å². The van der Waals surface area contributed by atoms with Crippen molar-refractivity contribution in [1.29, 1.82) is 0 Å². The van der Waals surface area contributed by atoms with Crippen molar-refractivity contribution in [1.82, 2.24) is 10.1 Å². The highest BCUT2D eigenvalue weighted by Gasteiger charge is 2.15. The molecule has 2 aromatic carbocycles. The average molecular weight is 409 g/mol. The SMILES string of the molecule is Cc1ccc(-c2noc(-c3cc(Br)ccc3N)n2)c(Br)c1. The van der Waals surface area contributed by atoms with E-state index in [1.54, 1.807) is 6.07 Å². The Balaban J connectivity index is 2.06. The first-order valence-corrected chi connectivity index (χ1v) is 7.79. The van der Waals surface area contributed by atoms with Gasteiger partial charge in [-0.05, 0) is 42.8 Å². The summed E-state index contributed by atoms with van der Waals surface area (Å²) >= 11 is 6.93. The Morgan fingerprint density at radius 2 is 1.86 bits per heavy atom. The van der Waals surface area contributed by atoms with Crippen LogP contribution in [0.2, 0.25) is 0 Å². The lowest BCUT2D eigenvalue weighted by Crippen LogP contribution is -1.90. The van der Waals surface area contributed by atoms with Crippen LogP contribution in [0.25, 0.3) is 22.8 Å². The average Bonchev–Trinajstić information content (AvgIpc) is 2.91. The van der Waals surface area contributed by atoms with Gasteiger partial charge in [0, 0.05) is 20.2 Å². The van der Waals surface area contributed by atoms with E-state index in [0.29, 0.717) is 23.0 Å². The normalized spacial score (nSPS) is 10.8. The maximum absolute atomic E-state index is 5.96. The van der Waals surface area contributed by atoms with Crippen molar-refractivity contribution in [3.8, 4) is 22.8 Å². The van der Waals surface area contributed by atoms with Crippen LogP contribution in [-0.4, -0.2) is 10.1 Å². The van der Waals surface area contributed by atoms with Gasteiger partial charge in [-0.25, -0.2) is 0 Å². The van der Waals surface area contributed by atoms with Gasteiger partial charge in [0.05, 0.1) is 5.56 Å².